The first kappa shape index (κ1) is 19.6. The molecule has 0 heterocycles. The Morgan fingerprint density at radius 2 is 1.09 bits per heavy atom. The third kappa shape index (κ3) is 19.4. The van der Waals surface area contributed by atoms with Gasteiger partial charge >= 0.3 is 83.2 Å². The van der Waals surface area contributed by atoms with Crippen molar-refractivity contribution >= 4 is 98.9 Å². The maximum atomic E-state index is 9.32. The molecule has 0 saturated heterocycles. The second-order valence-corrected chi connectivity index (χ2v) is 3.42. The standard InChI is InChI=1S/Ca.H4O7P2.Sr/c;1-8(2,3)7-9(4,5)6;/h;(H2,1,2,3)(H2,4,5,6);/q+2;;+2/p-4. The van der Waals surface area contributed by atoms with Gasteiger partial charge in [0.05, 0.1) is 15.6 Å². The topological polar surface area (TPSA) is 136 Å². The number of rotatable bonds is 2. The van der Waals surface area contributed by atoms with Crippen molar-refractivity contribution in [2.75, 3.05) is 0 Å². The maximum Gasteiger partial charge on any atom is 2.00 e. The molecule has 0 atom stereocenters. The van der Waals surface area contributed by atoms with Crippen LogP contribution in [-0.2, 0) is 13.4 Å². The summed E-state index contributed by atoms with van der Waals surface area (Å²) in [6, 6.07) is 0. The maximum absolute atomic E-state index is 9.32. The summed E-state index contributed by atoms with van der Waals surface area (Å²) in [5, 5.41) is 0. The molecular weight excluding hydrogens is 302 g/mol. The van der Waals surface area contributed by atoms with E-state index in [9.17, 15) is 28.7 Å². The zero-order valence-corrected chi connectivity index (χ0v) is 12.6. The Kier molecular flexibility index (Phi) is 13.0. The van der Waals surface area contributed by atoms with Crippen LogP contribution in [0.3, 0.4) is 0 Å². The molecule has 7 nitrogen and oxygen atoms in total. The first-order chi connectivity index (χ1) is 3.71. The van der Waals surface area contributed by atoms with Crippen LogP contribution in [0, 0.1) is 0 Å². The van der Waals surface area contributed by atoms with Crippen LogP contribution >= 0.6 is 15.6 Å². The predicted octanol–water partition coefficient (Wildman–Crippen LogP) is -4.10. The SMILES string of the molecule is O=P([O-])([O-])OP(=O)([O-])[O-].[Ca+2].[Sr+2]. The average molecular weight is 302 g/mol. The Balaban J connectivity index is -0.000000320. The second kappa shape index (κ2) is 7.31. The summed E-state index contributed by atoms with van der Waals surface area (Å²) in [6.07, 6.45) is 0. The van der Waals surface area contributed by atoms with Gasteiger partial charge in [0.1, 0.15) is 0 Å². The third-order valence-electron chi connectivity index (χ3n) is 0.200. The molecule has 0 bridgehead atoms. The van der Waals surface area contributed by atoms with Gasteiger partial charge in [-0.2, -0.15) is 0 Å². The van der Waals surface area contributed by atoms with Crippen molar-refractivity contribution < 1.29 is 33.0 Å². The molecule has 0 spiro atoms. The van der Waals surface area contributed by atoms with Crippen molar-refractivity contribution in [1.29, 1.82) is 0 Å². The fourth-order valence-corrected chi connectivity index (χ4v) is 1.10. The smallest absolute Gasteiger partial charge is 0.790 e. The van der Waals surface area contributed by atoms with Gasteiger partial charge in [-0.05, 0) is 0 Å². The van der Waals surface area contributed by atoms with Crippen molar-refractivity contribution in [2.24, 2.45) is 0 Å². The van der Waals surface area contributed by atoms with Gasteiger partial charge in [0.15, 0.2) is 0 Å². The number of hydrogen-bond donors (Lipinski definition) is 0. The molecule has 0 radical (unpaired) electrons. The van der Waals surface area contributed by atoms with Crippen molar-refractivity contribution in [2.45, 2.75) is 0 Å². The Morgan fingerprint density at radius 1 is 0.909 bits per heavy atom. The van der Waals surface area contributed by atoms with Gasteiger partial charge in [-0.1, -0.05) is 0 Å². The monoisotopic (exact) mass is 302 g/mol. The van der Waals surface area contributed by atoms with E-state index in [1.165, 1.54) is 0 Å². The molecule has 56 valence electrons. The van der Waals surface area contributed by atoms with Gasteiger partial charge < -0.3 is 33.0 Å². The van der Waals surface area contributed by atoms with Gasteiger partial charge in [0.2, 0.25) is 0 Å². The van der Waals surface area contributed by atoms with Crippen LogP contribution in [0.15, 0.2) is 0 Å². The van der Waals surface area contributed by atoms with Crippen LogP contribution < -0.4 is 19.6 Å². The summed E-state index contributed by atoms with van der Waals surface area (Å²) in [5.74, 6) is 0. The molecular formula is CaO7P2Sr. The summed E-state index contributed by atoms with van der Waals surface area (Å²) in [6.45, 7) is 0. The summed E-state index contributed by atoms with van der Waals surface area (Å²) >= 11 is 0. The van der Waals surface area contributed by atoms with Crippen LogP contribution in [0.25, 0.3) is 0 Å². The van der Waals surface area contributed by atoms with E-state index in [-0.39, 0.29) is 83.2 Å². The predicted molar refractivity (Wildman–Crippen MR) is 27.8 cm³/mol. The minimum atomic E-state index is -5.68. The first-order valence-electron chi connectivity index (χ1n) is 1.46. The van der Waals surface area contributed by atoms with Crippen molar-refractivity contribution in [3.8, 4) is 0 Å². The summed E-state index contributed by atoms with van der Waals surface area (Å²) in [4.78, 5) is 37.3. The van der Waals surface area contributed by atoms with Crippen molar-refractivity contribution in [1.82, 2.24) is 0 Å². The van der Waals surface area contributed by atoms with Gasteiger partial charge in [-0.3, -0.25) is 0 Å². The Bertz CT molecular complexity index is 157. The van der Waals surface area contributed by atoms with E-state index in [2.05, 4.69) is 4.31 Å². The largest absolute Gasteiger partial charge is 2.00 e. The van der Waals surface area contributed by atoms with Gasteiger partial charge in [-0.15, -0.1) is 0 Å². The van der Waals surface area contributed by atoms with Crippen LogP contribution in [0.5, 0.6) is 0 Å². The molecule has 0 aromatic carbocycles. The number of phosphoric acid groups is 2. The zero-order chi connectivity index (χ0) is 7.71. The average Bonchev–Trinajstić information content (AvgIpc) is 1.14. The van der Waals surface area contributed by atoms with Gasteiger partial charge in [0, 0.05) is 0 Å². The van der Waals surface area contributed by atoms with E-state index in [0.29, 0.717) is 0 Å². The number of hydrogen-bond acceptors (Lipinski definition) is 7. The molecule has 0 saturated carbocycles. The van der Waals surface area contributed by atoms with Crippen LogP contribution in [0.4, 0.5) is 0 Å². The molecule has 0 rings (SSSR count). The minimum Gasteiger partial charge on any atom is -0.790 e. The molecule has 0 aromatic heterocycles. The molecule has 0 aromatic rings. The van der Waals surface area contributed by atoms with Gasteiger partial charge in [0.25, 0.3) is 0 Å². The Labute approximate surface area is 129 Å². The molecule has 11 heteroatoms. The molecule has 0 fully saturated rings. The second-order valence-electron chi connectivity index (χ2n) is 0.976. The first-order valence-corrected chi connectivity index (χ1v) is 4.38. The van der Waals surface area contributed by atoms with Crippen LogP contribution in [0.2, 0.25) is 0 Å². The molecule has 11 heavy (non-hydrogen) atoms. The Hall–Kier alpha value is 3.00. The molecule has 0 aliphatic heterocycles. The fraction of sp³-hybridized carbons (Fsp3) is 0. The Morgan fingerprint density at radius 3 is 1.09 bits per heavy atom. The molecule has 0 amide bonds. The molecule has 0 unspecified atom stereocenters. The van der Waals surface area contributed by atoms with Crippen LogP contribution in [-0.4, -0.2) is 83.2 Å². The molecule has 0 aliphatic carbocycles. The molecule has 0 N–H and O–H groups in total. The third-order valence-corrected chi connectivity index (χ3v) is 1.80. The quantitative estimate of drug-likeness (QED) is 0.373. The van der Waals surface area contributed by atoms with E-state index >= 15 is 0 Å². The summed E-state index contributed by atoms with van der Waals surface area (Å²) in [7, 11) is -11.4. The van der Waals surface area contributed by atoms with E-state index in [1.807, 2.05) is 0 Å². The normalized spacial score (nSPS) is 11.3. The van der Waals surface area contributed by atoms with E-state index in [1.54, 1.807) is 0 Å². The zero-order valence-electron chi connectivity index (χ0n) is 5.17. The van der Waals surface area contributed by atoms with E-state index in [4.69, 9.17) is 0 Å². The van der Waals surface area contributed by atoms with Crippen molar-refractivity contribution in [3.63, 3.8) is 0 Å². The van der Waals surface area contributed by atoms with Crippen LogP contribution in [0.1, 0.15) is 0 Å². The fourth-order valence-electron chi connectivity index (χ4n) is 0.122. The van der Waals surface area contributed by atoms with Crippen molar-refractivity contribution in [3.05, 3.63) is 0 Å². The van der Waals surface area contributed by atoms with E-state index < -0.39 is 15.6 Å². The van der Waals surface area contributed by atoms with Gasteiger partial charge in [-0.25, -0.2) is 0 Å². The summed E-state index contributed by atoms with van der Waals surface area (Å²) in [5.41, 5.74) is 0. The van der Waals surface area contributed by atoms with E-state index in [0.717, 1.165) is 0 Å². The summed E-state index contributed by atoms with van der Waals surface area (Å²) < 4.78 is 21.2. The molecule has 0 aliphatic rings. The minimum absolute atomic E-state index is 0.